The van der Waals surface area contributed by atoms with E-state index >= 15 is 0 Å². The number of anilines is 1. The highest BCUT2D eigenvalue weighted by atomic mass is 16.3. The first-order valence-electron chi connectivity index (χ1n) is 5.93. The maximum Gasteiger partial charge on any atom is 0.141 e. The summed E-state index contributed by atoms with van der Waals surface area (Å²) >= 11 is 0. The second-order valence-corrected chi connectivity index (χ2v) is 4.27. The van der Waals surface area contributed by atoms with Crippen molar-refractivity contribution in [2.24, 2.45) is 4.99 Å². The Morgan fingerprint density at radius 3 is 2.95 bits per heavy atom. The second kappa shape index (κ2) is 3.84. The predicted octanol–water partition coefficient (Wildman–Crippen LogP) is 3.17. The number of aliphatic imine (C=N–C) groups is 1. The number of hydrogen-bond donors (Lipinski definition) is 2. The van der Waals surface area contributed by atoms with Crippen LogP contribution in [0.25, 0.3) is 11.3 Å². The van der Waals surface area contributed by atoms with Crippen molar-refractivity contribution in [3.63, 3.8) is 0 Å². The van der Waals surface area contributed by atoms with E-state index in [0.29, 0.717) is 0 Å². The number of aromatic nitrogens is 2. The predicted molar refractivity (Wildman–Crippen MR) is 72.6 cm³/mol. The van der Waals surface area contributed by atoms with E-state index in [1.807, 2.05) is 30.3 Å². The number of fused-ring (bicyclic) bond motifs is 3. The molecule has 3 heterocycles. The minimum absolute atomic E-state index is 0.751. The molecule has 1 aliphatic rings. The van der Waals surface area contributed by atoms with Gasteiger partial charge in [0, 0.05) is 5.56 Å². The molecule has 0 spiro atoms. The van der Waals surface area contributed by atoms with E-state index in [-0.39, 0.29) is 0 Å². The van der Waals surface area contributed by atoms with Gasteiger partial charge in [0.05, 0.1) is 35.1 Å². The molecule has 0 aliphatic carbocycles. The molecule has 0 amide bonds. The molecule has 5 nitrogen and oxygen atoms in total. The first-order valence-corrected chi connectivity index (χ1v) is 5.93. The van der Waals surface area contributed by atoms with Crippen LogP contribution in [0.2, 0.25) is 0 Å². The largest absolute Gasteiger partial charge is 0.472 e. The second-order valence-electron chi connectivity index (χ2n) is 4.27. The van der Waals surface area contributed by atoms with Crippen LogP contribution in [-0.2, 0) is 0 Å². The number of aromatic amines is 1. The number of benzene rings is 1. The summed E-state index contributed by atoms with van der Waals surface area (Å²) in [7, 11) is 0. The van der Waals surface area contributed by atoms with Gasteiger partial charge in [0.1, 0.15) is 12.1 Å². The molecule has 3 aromatic rings. The summed E-state index contributed by atoms with van der Waals surface area (Å²) < 4.78 is 5.12. The van der Waals surface area contributed by atoms with Crippen molar-refractivity contribution in [2.45, 2.75) is 0 Å². The number of H-pyrrole nitrogens is 1. The monoisotopic (exact) mass is 250 g/mol. The Morgan fingerprint density at radius 1 is 1.11 bits per heavy atom. The lowest BCUT2D eigenvalue weighted by Crippen LogP contribution is -2.11. The lowest BCUT2D eigenvalue weighted by molar-refractivity contribution is 0.567. The number of nitrogens with zero attached hydrogens (tertiary/aromatic N) is 2. The van der Waals surface area contributed by atoms with Crippen LogP contribution in [0, 0.1) is 0 Å². The minimum atomic E-state index is 0.751. The molecule has 0 radical (unpaired) electrons. The zero-order chi connectivity index (χ0) is 12.7. The summed E-state index contributed by atoms with van der Waals surface area (Å²) in [6.45, 7) is 0. The fourth-order valence-corrected chi connectivity index (χ4v) is 2.18. The molecule has 0 saturated heterocycles. The topological polar surface area (TPSA) is 66.2 Å². The molecule has 4 rings (SSSR count). The van der Waals surface area contributed by atoms with E-state index in [9.17, 15) is 0 Å². The van der Waals surface area contributed by atoms with Gasteiger partial charge in [-0.05, 0) is 12.1 Å². The van der Waals surface area contributed by atoms with Gasteiger partial charge in [-0.1, -0.05) is 18.2 Å². The highest BCUT2D eigenvalue weighted by molar-refractivity contribution is 6.12. The van der Waals surface area contributed by atoms with Crippen LogP contribution in [0.1, 0.15) is 5.56 Å². The summed E-state index contributed by atoms with van der Waals surface area (Å²) in [5.74, 6) is 0.751. The maximum atomic E-state index is 5.12. The van der Waals surface area contributed by atoms with Gasteiger partial charge in [-0.25, -0.2) is 4.99 Å². The van der Waals surface area contributed by atoms with Crippen LogP contribution in [-0.4, -0.2) is 16.0 Å². The van der Waals surface area contributed by atoms with Crippen LogP contribution < -0.4 is 5.32 Å². The molecule has 1 aromatic carbocycles. The van der Waals surface area contributed by atoms with Gasteiger partial charge < -0.3 is 9.73 Å². The highest BCUT2D eigenvalue weighted by Gasteiger charge is 2.18. The third kappa shape index (κ3) is 1.55. The van der Waals surface area contributed by atoms with E-state index in [0.717, 1.165) is 34.0 Å². The normalized spacial score (nSPS) is 12.9. The van der Waals surface area contributed by atoms with Crippen LogP contribution >= 0.6 is 0 Å². The molecular weight excluding hydrogens is 240 g/mol. The van der Waals surface area contributed by atoms with Gasteiger partial charge in [-0.2, -0.15) is 5.10 Å². The third-order valence-corrected chi connectivity index (χ3v) is 3.09. The fourth-order valence-electron chi connectivity index (χ4n) is 2.18. The fraction of sp³-hybridized carbons (Fsp3) is 0. The summed E-state index contributed by atoms with van der Waals surface area (Å²) in [5.41, 5.74) is 4.68. The molecule has 0 atom stereocenters. The summed E-state index contributed by atoms with van der Waals surface area (Å²) in [4.78, 5) is 4.67. The molecule has 0 unspecified atom stereocenters. The summed E-state index contributed by atoms with van der Waals surface area (Å²) in [5, 5.41) is 10.4. The van der Waals surface area contributed by atoms with Crippen molar-refractivity contribution in [3.05, 3.63) is 54.6 Å². The number of para-hydroxylation sites is 1. The molecule has 19 heavy (non-hydrogen) atoms. The highest BCUT2D eigenvalue weighted by Crippen LogP contribution is 2.36. The van der Waals surface area contributed by atoms with Crippen molar-refractivity contribution < 1.29 is 4.42 Å². The van der Waals surface area contributed by atoms with Crippen LogP contribution in [0.4, 0.5) is 11.4 Å². The van der Waals surface area contributed by atoms with Crippen LogP contribution in [0.5, 0.6) is 0 Å². The zero-order valence-corrected chi connectivity index (χ0v) is 9.92. The van der Waals surface area contributed by atoms with Gasteiger partial charge in [0.15, 0.2) is 0 Å². The van der Waals surface area contributed by atoms with Gasteiger partial charge in [-0.15, -0.1) is 0 Å². The van der Waals surface area contributed by atoms with Crippen molar-refractivity contribution in [1.29, 1.82) is 0 Å². The molecule has 0 fully saturated rings. The van der Waals surface area contributed by atoms with Crippen LogP contribution in [0.3, 0.4) is 0 Å². The molecule has 2 N–H and O–H groups in total. The number of nitrogens with one attached hydrogen (secondary N) is 2. The average Bonchev–Trinajstić information content (AvgIpc) is 3.08. The summed E-state index contributed by atoms with van der Waals surface area (Å²) in [6, 6.07) is 9.83. The Hall–Kier alpha value is -2.82. The SMILES string of the molecule is c1ccc2c(c1)N=C(c1ccoc1)Nc1cn[nH]c1-2. The molecule has 0 bridgehead atoms. The quantitative estimate of drug-likeness (QED) is 0.697. The van der Waals surface area contributed by atoms with Crippen molar-refractivity contribution in [1.82, 2.24) is 10.2 Å². The molecular formula is C14H10N4O. The molecule has 1 aliphatic heterocycles. The lowest BCUT2D eigenvalue weighted by atomic mass is 10.1. The van der Waals surface area contributed by atoms with Crippen molar-refractivity contribution in [3.8, 4) is 11.3 Å². The maximum absolute atomic E-state index is 5.12. The Morgan fingerprint density at radius 2 is 2.05 bits per heavy atom. The van der Waals surface area contributed by atoms with Gasteiger partial charge in [0.2, 0.25) is 0 Å². The van der Waals surface area contributed by atoms with Crippen LogP contribution in [0.15, 0.2) is 58.5 Å². The summed E-state index contributed by atoms with van der Waals surface area (Å²) in [6.07, 6.45) is 5.05. The Bertz CT molecular complexity index is 755. The Kier molecular flexibility index (Phi) is 2.05. The number of amidine groups is 1. The van der Waals surface area contributed by atoms with E-state index in [1.54, 1.807) is 18.7 Å². The van der Waals surface area contributed by atoms with E-state index < -0.39 is 0 Å². The minimum Gasteiger partial charge on any atom is -0.472 e. The van der Waals surface area contributed by atoms with Crippen molar-refractivity contribution >= 4 is 17.2 Å². The van der Waals surface area contributed by atoms with E-state index in [1.165, 1.54) is 0 Å². The zero-order valence-electron chi connectivity index (χ0n) is 9.92. The Balaban J connectivity index is 1.97. The average molecular weight is 250 g/mol. The van der Waals surface area contributed by atoms with Gasteiger partial charge >= 0.3 is 0 Å². The first kappa shape index (κ1) is 10.1. The standard InChI is InChI=1S/C14H10N4O/c1-2-4-11-10(3-1)13-12(7-15-18-13)17-14(16-11)9-5-6-19-8-9/h1-8H,(H,15,18)(H,16,17). The number of furan rings is 1. The van der Waals surface area contributed by atoms with Gasteiger partial charge in [0.25, 0.3) is 0 Å². The van der Waals surface area contributed by atoms with E-state index in [4.69, 9.17) is 4.42 Å². The smallest absolute Gasteiger partial charge is 0.141 e. The van der Waals surface area contributed by atoms with Crippen molar-refractivity contribution in [2.75, 3.05) is 5.32 Å². The van der Waals surface area contributed by atoms with Gasteiger partial charge in [-0.3, -0.25) is 5.10 Å². The molecule has 92 valence electrons. The molecule has 0 saturated carbocycles. The van der Waals surface area contributed by atoms with E-state index in [2.05, 4.69) is 20.5 Å². The third-order valence-electron chi connectivity index (χ3n) is 3.09. The first-order chi connectivity index (χ1) is 9.42. The molecule has 2 aromatic heterocycles. The number of rotatable bonds is 1. The lowest BCUT2D eigenvalue weighted by Gasteiger charge is -2.03. The molecule has 5 heteroatoms. The Labute approximate surface area is 109 Å². The number of hydrogen-bond acceptors (Lipinski definition) is 4.